The molecule has 0 bridgehead atoms. The van der Waals surface area contributed by atoms with Crippen LogP contribution in [0.15, 0.2) is 140 Å². The van der Waals surface area contributed by atoms with Gasteiger partial charge in [0, 0.05) is 34.9 Å². The van der Waals surface area contributed by atoms with Crippen LogP contribution in [0, 0.1) is 20.4 Å². The fourth-order valence-corrected chi connectivity index (χ4v) is 4.28. The molecule has 2 aromatic heterocycles. The van der Waals surface area contributed by atoms with E-state index in [0.717, 1.165) is 44.8 Å². The Morgan fingerprint density at radius 1 is 0.548 bits per heavy atom. The van der Waals surface area contributed by atoms with Crippen LogP contribution in [0.3, 0.4) is 0 Å². The molecule has 0 saturated carbocycles. The maximum Gasteiger partial charge on any atom is 2.00 e. The van der Waals surface area contributed by atoms with E-state index in [9.17, 15) is 5.11 Å². The monoisotopic (exact) mass is 731 g/mol. The molecular formula is C38H36N2OPt. The Hall–Kier alpha value is -4.33. The van der Waals surface area contributed by atoms with Crippen LogP contribution in [0.25, 0.3) is 44.8 Å². The minimum absolute atomic E-state index is 0. The first-order valence-corrected chi connectivity index (χ1v) is 13.5. The minimum Gasteiger partial charge on any atom is -0.507 e. The van der Waals surface area contributed by atoms with Crippen LogP contribution in [0.4, 0.5) is 0 Å². The summed E-state index contributed by atoms with van der Waals surface area (Å²) in [5.74, 6) is 0.333. The molecule has 0 atom stereocenters. The minimum atomic E-state index is 0. The van der Waals surface area contributed by atoms with Gasteiger partial charge in [-0.2, -0.15) is 0 Å². The normalized spacial score (nSPS) is 9.50. The molecule has 0 amide bonds. The summed E-state index contributed by atoms with van der Waals surface area (Å²) >= 11 is 0. The molecule has 0 unspecified atom stereocenters. The number of phenolic OH excluding ortho intramolecular Hbond substituents is 1. The van der Waals surface area contributed by atoms with Crippen LogP contribution in [-0.4, -0.2) is 15.1 Å². The second kappa shape index (κ2) is 17.5. The zero-order valence-electron chi connectivity index (χ0n) is 24.4. The molecule has 4 aromatic carbocycles. The van der Waals surface area contributed by atoms with Gasteiger partial charge in [0.1, 0.15) is 5.75 Å². The topological polar surface area (TPSA) is 46.0 Å². The summed E-state index contributed by atoms with van der Waals surface area (Å²) in [5, 5.41) is 10.5. The SMILES string of the molecule is CC.Cc1cc(-c2ccccn2)[c-]c(-c2ccccn2)c1.Oc1c(-c2ccccc2)cccc1-c1ccccc1.[CH3-].[Pt+2]. The van der Waals surface area contributed by atoms with Crippen LogP contribution in [0.1, 0.15) is 19.4 Å². The van der Waals surface area contributed by atoms with Gasteiger partial charge in [-0.1, -0.05) is 135 Å². The second-order valence-electron chi connectivity index (χ2n) is 8.85. The number of aromatic hydroxyl groups is 1. The molecule has 42 heavy (non-hydrogen) atoms. The van der Waals surface area contributed by atoms with Gasteiger partial charge >= 0.3 is 21.1 Å². The summed E-state index contributed by atoms with van der Waals surface area (Å²) in [6.07, 6.45) is 3.60. The third-order valence-electron chi connectivity index (χ3n) is 6.10. The third-order valence-corrected chi connectivity index (χ3v) is 6.10. The Balaban J connectivity index is 0.000000265. The number of hydrogen-bond acceptors (Lipinski definition) is 3. The van der Waals surface area contributed by atoms with E-state index in [2.05, 4.69) is 35.1 Å². The van der Waals surface area contributed by atoms with Crippen molar-refractivity contribution in [3.63, 3.8) is 0 Å². The number of aryl methyl sites for hydroxylation is 1. The Morgan fingerprint density at radius 3 is 1.33 bits per heavy atom. The van der Waals surface area contributed by atoms with Gasteiger partial charge in [-0.3, -0.25) is 9.97 Å². The first kappa shape index (κ1) is 33.9. The number of phenols is 1. The fraction of sp³-hybridized carbons (Fsp3) is 0.0789. The smallest absolute Gasteiger partial charge is 0.507 e. The van der Waals surface area contributed by atoms with Crippen molar-refractivity contribution in [3.05, 3.63) is 159 Å². The van der Waals surface area contributed by atoms with Gasteiger partial charge in [0.15, 0.2) is 0 Å². The first-order valence-electron chi connectivity index (χ1n) is 13.5. The van der Waals surface area contributed by atoms with Gasteiger partial charge in [-0.15, -0.1) is 23.8 Å². The molecule has 0 radical (unpaired) electrons. The predicted molar refractivity (Wildman–Crippen MR) is 173 cm³/mol. The van der Waals surface area contributed by atoms with Crippen molar-refractivity contribution in [1.82, 2.24) is 9.97 Å². The largest absolute Gasteiger partial charge is 2.00 e. The van der Waals surface area contributed by atoms with Crippen molar-refractivity contribution in [2.45, 2.75) is 20.8 Å². The third kappa shape index (κ3) is 8.83. The van der Waals surface area contributed by atoms with Gasteiger partial charge in [0.25, 0.3) is 0 Å². The number of pyridine rings is 2. The van der Waals surface area contributed by atoms with Gasteiger partial charge in [0.05, 0.1) is 0 Å². The Morgan fingerprint density at radius 2 is 0.952 bits per heavy atom. The maximum absolute atomic E-state index is 10.5. The summed E-state index contributed by atoms with van der Waals surface area (Å²) in [5.41, 5.74) is 8.83. The predicted octanol–water partition coefficient (Wildman–Crippen LogP) is 10.1. The Kier molecular flexibility index (Phi) is 14.1. The molecule has 0 aliphatic carbocycles. The maximum atomic E-state index is 10.5. The number of nitrogens with zero attached hydrogens (tertiary/aromatic N) is 2. The van der Waals surface area contributed by atoms with Crippen molar-refractivity contribution in [3.8, 4) is 50.5 Å². The summed E-state index contributed by atoms with van der Waals surface area (Å²) in [6.45, 7) is 6.08. The van der Waals surface area contributed by atoms with E-state index < -0.39 is 0 Å². The number of para-hydroxylation sites is 1. The molecule has 0 spiro atoms. The van der Waals surface area contributed by atoms with Crippen LogP contribution in [0.2, 0.25) is 0 Å². The molecule has 0 aliphatic heterocycles. The van der Waals surface area contributed by atoms with Crippen LogP contribution in [0.5, 0.6) is 5.75 Å². The van der Waals surface area contributed by atoms with E-state index in [-0.39, 0.29) is 28.5 Å². The number of aromatic nitrogens is 2. The van der Waals surface area contributed by atoms with Crippen LogP contribution in [-0.2, 0) is 21.1 Å². The summed E-state index contributed by atoms with van der Waals surface area (Å²) in [4.78, 5) is 8.75. The van der Waals surface area contributed by atoms with Crippen molar-refractivity contribution >= 4 is 0 Å². The fourth-order valence-electron chi connectivity index (χ4n) is 4.28. The first-order chi connectivity index (χ1) is 19.7. The van der Waals surface area contributed by atoms with E-state index in [4.69, 9.17) is 0 Å². The molecule has 6 aromatic rings. The zero-order valence-corrected chi connectivity index (χ0v) is 26.7. The molecule has 4 heteroatoms. The summed E-state index contributed by atoms with van der Waals surface area (Å²) in [7, 11) is 0. The standard InChI is InChI=1S/C18H14O.C17H13N2.C2H6.CH3.Pt/c19-18-16(14-8-3-1-4-9-14)12-7-13-17(18)15-10-5-2-6-11-15;1-13-10-14(16-6-2-4-8-18-16)12-15(11-13)17-7-3-5-9-19-17;1-2;;/h1-13,19H;2-11H,1H3;1-2H3;1H3;/q;-1;;-1;+2. The molecule has 0 saturated heterocycles. The molecule has 0 fully saturated rings. The van der Waals surface area contributed by atoms with E-state index in [1.807, 2.05) is 129 Å². The van der Waals surface area contributed by atoms with Gasteiger partial charge in [-0.05, 0) is 23.3 Å². The molecular weight excluding hydrogens is 696 g/mol. The quantitative estimate of drug-likeness (QED) is 0.184. The van der Waals surface area contributed by atoms with Crippen LogP contribution < -0.4 is 0 Å². The average molecular weight is 732 g/mol. The Labute approximate surface area is 265 Å². The number of benzene rings is 4. The van der Waals surface area contributed by atoms with Crippen molar-refractivity contribution < 1.29 is 26.2 Å². The molecule has 1 N–H and O–H groups in total. The molecule has 3 nitrogen and oxygen atoms in total. The van der Waals surface area contributed by atoms with E-state index in [1.54, 1.807) is 12.4 Å². The molecule has 2 heterocycles. The number of rotatable bonds is 4. The van der Waals surface area contributed by atoms with Crippen molar-refractivity contribution in [2.24, 2.45) is 0 Å². The van der Waals surface area contributed by atoms with Crippen molar-refractivity contribution in [1.29, 1.82) is 0 Å². The van der Waals surface area contributed by atoms with Gasteiger partial charge < -0.3 is 12.5 Å². The van der Waals surface area contributed by atoms with E-state index in [1.165, 1.54) is 5.56 Å². The zero-order chi connectivity index (χ0) is 28.2. The summed E-state index contributed by atoms with van der Waals surface area (Å²) in [6, 6.07) is 45.1. The Bertz CT molecular complexity index is 1490. The molecule has 0 aliphatic rings. The second-order valence-corrected chi connectivity index (χ2v) is 8.85. The van der Waals surface area contributed by atoms with Gasteiger partial charge in [0.2, 0.25) is 0 Å². The number of hydrogen-bond donors (Lipinski definition) is 1. The van der Waals surface area contributed by atoms with Gasteiger partial charge in [-0.25, -0.2) is 0 Å². The average Bonchev–Trinajstić information content (AvgIpc) is 3.04. The van der Waals surface area contributed by atoms with E-state index >= 15 is 0 Å². The van der Waals surface area contributed by atoms with Crippen LogP contribution >= 0.6 is 0 Å². The summed E-state index contributed by atoms with van der Waals surface area (Å²) < 4.78 is 0. The molecule has 6 rings (SSSR count). The van der Waals surface area contributed by atoms with E-state index in [0.29, 0.717) is 5.75 Å². The molecule has 214 valence electrons. The van der Waals surface area contributed by atoms with Crippen molar-refractivity contribution in [2.75, 3.05) is 0 Å².